The van der Waals surface area contributed by atoms with Crippen molar-refractivity contribution >= 4 is 23.1 Å². The van der Waals surface area contributed by atoms with Crippen LogP contribution < -0.4 is 10.6 Å². The predicted octanol–water partition coefficient (Wildman–Crippen LogP) is 2.77. The maximum atomic E-state index is 5.98. The first-order chi connectivity index (χ1) is 7.76. The molecular formula is C11H17ClN4. The minimum Gasteiger partial charge on any atom is -0.383 e. The molecule has 1 aliphatic carbocycles. The summed E-state index contributed by atoms with van der Waals surface area (Å²) < 4.78 is 0. The lowest BCUT2D eigenvalue weighted by Crippen LogP contribution is -2.09. The number of hydrogen-bond acceptors (Lipinski definition) is 4. The molecule has 0 radical (unpaired) electrons. The van der Waals surface area contributed by atoms with Crippen LogP contribution >= 0.6 is 11.6 Å². The summed E-state index contributed by atoms with van der Waals surface area (Å²) in [4.78, 5) is 8.16. The summed E-state index contributed by atoms with van der Waals surface area (Å²) in [6.45, 7) is 2.22. The van der Waals surface area contributed by atoms with Gasteiger partial charge in [-0.3, -0.25) is 0 Å². The maximum Gasteiger partial charge on any atom is 0.157 e. The summed E-state index contributed by atoms with van der Waals surface area (Å²) in [5, 5.41) is 6.90. The van der Waals surface area contributed by atoms with Crippen LogP contribution in [0, 0.1) is 5.92 Å². The van der Waals surface area contributed by atoms with E-state index in [-0.39, 0.29) is 0 Å². The fourth-order valence-corrected chi connectivity index (χ4v) is 2.21. The quantitative estimate of drug-likeness (QED) is 0.777. The second-order valence-corrected chi connectivity index (χ2v) is 4.53. The molecule has 4 nitrogen and oxygen atoms in total. The van der Waals surface area contributed by atoms with Crippen LogP contribution in [0.1, 0.15) is 26.2 Å². The number of nitrogens with one attached hydrogen (secondary N) is 2. The van der Waals surface area contributed by atoms with Crippen molar-refractivity contribution in [1.29, 1.82) is 0 Å². The molecule has 0 aromatic carbocycles. The average molecular weight is 241 g/mol. The Balaban J connectivity index is 2.02. The number of hydrogen-bond donors (Lipinski definition) is 2. The van der Waals surface area contributed by atoms with Gasteiger partial charge >= 0.3 is 0 Å². The van der Waals surface area contributed by atoms with E-state index in [4.69, 9.17) is 11.6 Å². The third kappa shape index (κ3) is 2.38. The van der Waals surface area contributed by atoms with E-state index in [1.807, 2.05) is 7.05 Å². The average Bonchev–Trinajstić information content (AvgIpc) is 2.97. The molecule has 88 valence electrons. The van der Waals surface area contributed by atoms with Gasteiger partial charge in [0.25, 0.3) is 0 Å². The van der Waals surface area contributed by atoms with Crippen molar-refractivity contribution in [3.63, 3.8) is 0 Å². The highest BCUT2D eigenvalue weighted by Gasteiger charge is 2.36. The predicted molar refractivity (Wildman–Crippen MR) is 67.0 cm³/mol. The van der Waals surface area contributed by atoms with Gasteiger partial charge in [-0.2, -0.15) is 0 Å². The summed E-state index contributed by atoms with van der Waals surface area (Å²) in [7, 11) is 1.83. The number of nitrogens with zero attached hydrogens (tertiary/aromatic N) is 2. The van der Waals surface area contributed by atoms with Gasteiger partial charge in [-0.05, 0) is 18.8 Å². The first-order valence-corrected chi connectivity index (χ1v) is 6.08. The number of rotatable bonds is 5. The van der Waals surface area contributed by atoms with Crippen LogP contribution in [0.3, 0.4) is 0 Å². The van der Waals surface area contributed by atoms with Gasteiger partial charge in [-0.1, -0.05) is 24.9 Å². The van der Waals surface area contributed by atoms with Gasteiger partial charge in [0, 0.05) is 13.1 Å². The molecule has 1 fully saturated rings. The van der Waals surface area contributed by atoms with E-state index in [9.17, 15) is 0 Å². The monoisotopic (exact) mass is 240 g/mol. The van der Waals surface area contributed by atoms with Crippen LogP contribution in [0.15, 0.2) is 6.33 Å². The van der Waals surface area contributed by atoms with Crippen molar-refractivity contribution in [3.05, 3.63) is 11.5 Å². The highest BCUT2D eigenvalue weighted by molar-refractivity contribution is 6.32. The van der Waals surface area contributed by atoms with Crippen molar-refractivity contribution in [3.8, 4) is 0 Å². The normalized spacial score (nSPS) is 22.9. The lowest BCUT2D eigenvalue weighted by molar-refractivity contribution is 0.692. The van der Waals surface area contributed by atoms with Gasteiger partial charge in [0.15, 0.2) is 11.0 Å². The Bertz CT molecular complexity index is 369. The minimum absolute atomic E-state index is 0.465. The van der Waals surface area contributed by atoms with Crippen molar-refractivity contribution in [1.82, 2.24) is 9.97 Å². The van der Waals surface area contributed by atoms with Crippen LogP contribution in [-0.4, -0.2) is 23.1 Å². The van der Waals surface area contributed by atoms with Gasteiger partial charge in [0.1, 0.15) is 12.0 Å². The van der Waals surface area contributed by atoms with Crippen molar-refractivity contribution in [2.24, 2.45) is 5.92 Å². The lowest BCUT2D eigenvalue weighted by Gasteiger charge is -2.10. The first kappa shape index (κ1) is 11.5. The Morgan fingerprint density at radius 1 is 1.50 bits per heavy atom. The highest BCUT2D eigenvalue weighted by atomic mass is 35.5. The third-order valence-corrected chi connectivity index (χ3v) is 3.24. The molecule has 1 heterocycles. The zero-order valence-corrected chi connectivity index (χ0v) is 10.4. The standard InChI is InChI=1S/C11H17ClN4/c1-3-4-7-5-8(7)16-11-9(13-2)10(12)14-6-15-11/h6-8,13H,3-5H2,1-2H3,(H,14,15,16). The van der Waals surface area contributed by atoms with Gasteiger partial charge in [-0.25, -0.2) is 9.97 Å². The Kier molecular flexibility index (Phi) is 3.49. The van der Waals surface area contributed by atoms with E-state index in [2.05, 4.69) is 27.5 Å². The van der Waals surface area contributed by atoms with E-state index in [0.29, 0.717) is 11.2 Å². The molecule has 1 aromatic rings. The van der Waals surface area contributed by atoms with Crippen LogP contribution in [0.4, 0.5) is 11.5 Å². The highest BCUT2D eigenvalue weighted by Crippen LogP contribution is 2.38. The second-order valence-electron chi connectivity index (χ2n) is 4.17. The molecule has 2 unspecified atom stereocenters. The van der Waals surface area contributed by atoms with Crippen molar-refractivity contribution in [2.75, 3.05) is 17.7 Å². The van der Waals surface area contributed by atoms with Crippen LogP contribution in [0.25, 0.3) is 0 Å². The molecule has 0 amide bonds. The smallest absolute Gasteiger partial charge is 0.157 e. The fraction of sp³-hybridized carbons (Fsp3) is 0.636. The van der Waals surface area contributed by atoms with Crippen LogP contribution in [0.5, 0.6) is 0 Å². The Hall–Kier alpha value is -1.03. The molecule has 0 bridgehead atoms. The topological polar surface area (TPSA) is 49.8 Å². The SMILES string of the molecule is CCCC1CC1Nc1ncnc(Cl)c1NC. The molecule has 2 N–H and O–H groups in total. The summed E-state index contributed by atoms with van der Waals surface area (Å²) >= 11 is 5.98. The molecular weight excluding hydrogens is 224 g/mol. The zero-order chi connectivity index (χ0) is 11.5. The Morgan fingerprint density at radius 2 is 2.31 bits per heavy atom. The Morgan fingerprint density at radius 3 is 3.00 bits per heavy atom. The molecule has 1 saturated carbocycles. The number of aromatic nitrogens is 2. The lowest BCUT2D eigenvalue weighted by atomic mass is 10.2. The number of halogens is 1. The molecule has 0 aliphatic heterocycles. The first-order valence-electron chi connectivity index (χ1n) is 5.71. The van der Waals surface area contributed by atoms with E-state index < -0.39 is 0 Å². The summed E-state index contributed by atoms with van der Waals surface area (Å²) in [5.41, 5.74) is 0.784. The molecule has 2 rings (SSSR count). The molecule has 5 heteroatoms. The molecule has 0 spiro atoms. The van der Waals surface area contributed by atoms with E-state index in [1.54, 1.807) is 0 Å². The zero-order valence-electron chi connectivity index (χ0n) is 9.63. The molecule has 1 aromatic heterocycles. The largest absolute Gasteiger partial charge is 0.383 e. The van der Waals surface area contributed by atoms with E-state index >= 15 is 0 Å². The molecule has 2 atom stereocenters. The van der Waals surface area contributed by atoms with Gasteiger partial charge in [0.05, 0.1) is 0 Å². The molecule has 0 saturated heterocycles. The summed E-state index contributed by atoms with van der Waals surface area (Å²) in [6, 6.07) is 0.554. The van der Waals surface area contributed by atoms with Gasteiger partial charge in [-0.15, -0.1) is 0 Å². The minimum atomic E-state index is 0.465. The van der Waals surface area contributed by atoms with Crippen molar-refractivity contribution in [2.45, 2.75) is 32.2 Å². The fourth-order valence-electron chi connectivity index (χ4n) is 1.98. The molecule has 1 aliphatic rings. The Labute approximate surface area is 101 Å². The second kappa shape index (κ2) is 4.87. The van der Waals surface area contributed by atoms with E-state index in [0.717, 1.165) is 17.4 Å². The van der Waals surface area contributed by atoms with Gasteiger partial charge in [0.2, 0.25) is 0 Å². The van der Waals surface area contributed by atoms with Crippen molar-refractivity contribution < 1.29 is 0 Å². The van der Waals surface area contributed by atoms with Crippen LogP contribution in [0.2, 0.25) is 5.15 Å². The number of anilines is 2. The summed E-state index contributed by atoms with van der Waals surface area (Å²) in [5.74, 6) is 1.61. The van der Waals surface area contributed by atoms with Crippen LogP contribution in [-0.2, 0) is 0 Å². The maximum absolute atomic E-state index is 5.98. The molecule has 16 heavy (non-hydrogen) atoms. The van der Waals surface area contributed by atoms with Gasteiger partial charge < -0.3 is 10.6 Å². The van der Waals surface area contributed by atoms with E-state index in [1.165, 1.54) is 25.6 Å². The summed E-state index contributed by atoms with van der Waals surface area (Å²) in [6.07, 6.45) is 5.25. The third-order valence-electron chi connectivity index (χ3n) is 2.96.